The number of carbonyl (C=O) groups excluding carboxylic acids is 1. The van der Waals surface area contributed by atoms with Gasteiger partial charge in [0.25, 0.3) is 0 Å². The minimum absolute atomic E-state index is 0.0683. The van der Waals surface area contributed by atoms with E-state index in [1.165, 1.54) is 11.3 Å². The Morgan fingerprint density at radius 2 is 2.05 bits per heavy atom. The van der Waals surface area contributed by atoms with Gasteiger partial charge in [0.2, 0.25) is 5.91 Å². The minimum Gasteiger partial charge on any atom is -0.302 e. The first-order valence-electron chi connectivity index (χ1n) is 6.20. The number of nitrogens with one attached hydrogen (secondary N) is 1. The van der Waals surface area contributed by atoms with Crippen molar-refractivity contribution in [2.75, 3.05) is 5.32 Å². The summed E-state index contributed by atoms with van der Waals surface area (Å²) in [5.41, 5.74) is 0.654. The second-order valence-corrected chi connectivity index (χ2v) is 6.51. The average molecular weight is 315 g/mol. The third kappa shape index (κ3) is 2.57. The zero-order chi connectivity index (χ0) is 13.4. The van der Waals surface area contributed by atoms with Crippen LogP contribution in [-0.2, 0) is 4.79 Å². The zero-order valence-electron chi connectivity index (χ0n) is 10.1. The van der Waals surface area contributed by atoms with Crippen LogP contribution in [0.3, 0.4) is 0 Å². The van der Waals surface area contributed by atoms with E-state index in [4.69, 9.17) is 23.2 Å². The molecule has 19 heavy (non-hydrogen) atoms. The van der Waals surface area contributed by atoms with Gasteiger partial charge in [-0.1, -0.05) is 47.4 Å². The standard InChI is InChI=1S/C13H12Cl2N2OS/c14-8-5-6-9-11(10(8)15)16-13(19-9)17-12(18)7-3-1-2-4-7/h5-7H,1-4H2,(H,16,17,18). The van der Waals surface area contributed by atoms with Gasteiger partial charge < -0.3 is 5.32 Å². The van der Waals surface area contributed by atoms with Gasteiger partial charge in [-0.3, -0.25) is 4.79 Å². The molecule has 2 aromatic rings. The van der Waals surface area contributed by atoms with E-state index >= 15 is 0 Å². The number of rotatable bonds is 2. The first-order chi connectivity index (χ1) is 9.15. The highest BCUT2D eigenvalue weighted by molar-refractivity contribution is 7.22. The number of anilines is 1. The molecule has 1 heterocycles. The molecule has 0 bridgehead atoms. The summed E-state index contributed by atoms with van der Waals surface area (Å²) in [7, 11) is 0. The van der Waals surface area contributed by atoms with Gasteiger partial charge in [-0.25, -0.2) is 4.98 Å². The van der Waals surface area contributed by atoms with Gasteiger partial charge in [0, 0.05) is 5.92 Å². The number of thiazole rings is 1. The molecule has 0 saturated heterocycles. The number of nitrogens with zero attached hydrogens (tertiary/aromatic N) is 1. The molecule has 0 aliphatic heterocycles. The van der Waals surface area contributed by atoms with Crippen molar-refractivity contribution in [3.05, 3.63) is 22.2 Å². The Bertz CT molecular complexity index is 635. The maximum absolute atomic E-state index is 12.0. The van der Waals surface area contributed by atoms with E-state index in [9.17, 15) is 4.79 Å². The summed E-state index contributed by atoms with van der Waals surface area (Å²) in [5.74, 6) is 0.199. The number of hydrogen-bond donors (Lipinski definition) is 1. The number of carbonyl (C=O) groups is 1. The molecule has 6 heteroatoms. The number of halogens is 2. The van der Waals surface area contributed by atoms with E-state index in [-0.39, 0.29) is 11.8 Å². The van der Waals surface area contributed by atoms with Gasteiger partial charge in [0.05, 0.1) is 14.7 Å². The monoisotopic (exact) mass is 314 g/mol. The van der Waals surface area contributed by atoms with Crippen LogP contribution in [0.25, 0.3) is 10.2 Å². The van der Waals surface area contributed by atoms with Gasteiger partial charge in [0.1, 0.15) is 5.52 Å². The van der Waals surface area contributed by atoms with Gasteiger partial charge >= 0.3 is 0 Å². The smallest absolute Gasteiger partial charge is 0.229 e. The molecule has 3 nitrogen and oxygen atoms in total. The van der Waals surface area contributed by atoms with Gasteiger partial charge in [-0.15, -0.1) is 0 Å². The van der Waals surface area contributed by atoms with Crippen molar-refractivity contribution >= 4 is 55.8 Å². The van der Waals surface area contributed by atoms with Crippen LogP contribution < -0.4 is 5.32 Å². The molecule has 1 N–H and O–H groups in total. The second-order valence-electron chi connectivity index (χ2n) is 4.70. The topological polar surface area (TPSA) is 42.0 Å². The fourth-order valence-corrected chi connectivity index (χ4v) is 3.68. The van der Waals surface area contributed by atoms with Crippen LogP contribution in [0.5, 0.6) is 0 Å². The van der Waals surface area contributed by atoms with Crippen molar-refractivity contribution in [2.45, 2.75) is 25.7 Å². The normalized spacial score (nSPS) is 16.1. The molecule has 0 atom stereocenters. The molecule has 1 saturated carbocycles. The van der Waals surface area contributed by atoms with Crippen molar-refractivity contribution in [2.24, 2.45) is 5.92 Å². The summed E-state index contributed by atoms with van der Waals surface area (Å²) in [5, 5.41) is 4.40. The Morgan fingerprint density at radius 1 is 1.32 bits per heavy atom. The molecule has 1 amide bonds. The lowest BCUT2D eigenvalue weighted by Crippen LogP contribution is -2.20. The van der Waals surface area contributed by atoms with E-state index in [1.807, 2.05) is 6.07 Å². The fourth-order valence-electron chi connectivity index (χ4n) is 2.39. The molecule has 3 rings (SSSR count). The number of aromatic nitrogens is 1. The van der Waals surface area contributed by atoms with E-state index in [2.05, 4.69) is 10.3 Å². The molecule has 1 aliphatic rings. The summed E-state index contributed by atoms with van der Waals surface area (Å²) < 4.78 is 0.927. The Labute approximate surface area is 124 Å². The van der Waals surface area contributed by atoms with E-state index < -0.39 is 0 Å². The molecule has 100 valence electrons. The summed E-state index contributed by atoms with van der Waals surface area (Å²) >= 11 is 13.5. The zero-order valence-corrected chi connectivity index (χ0v) is 12.4. The average Bonchev–Trinajstić information content (AvgIpc) is 3.02. The van der Waals surface area contributed by atoms with Crippen molar-refractivity contribution in [1.29, 1.82) is 0 Å². The van der Waals surface area contributed by atoms with Crippen LogP contribution in [0.4, 0.5) is 5.13 Å². The van der Waals surface area contributed by atoms with Crippen LogP contribution >= 0.6 is 34.5 Å². The van der Waals surface area contributed by atoms with Crippen molar-refractivity contribution in [1.82, 2.24) is 4.98 Å². The van der Waals surface area contributed by atoms with Crippen LogP contribution in [0.15, 0.2) is 12.1 Å². The number of hydrogen-bond acceptors (Lipinski definition) is 3. The van der Waals surface area contributed by atoms with Crippen LogP contribution in [0, 0.1) is 5.92 Å². The molecule has 0 spiro atoms. The minimum atomic E-state index is 0.0683. The largest absolute Gasteiger partial charge is 0.302 e. The summed E-state index contributed by atoms with van der Waals surface area (Å²) in [6, 6.07) is 3.61. The van der Waals surface area contributed by atoms with Crippen LogP contribution in [0.1, 0.15) is 25.7 Å². The molecule has 1 aromatic heterocycles. The highest BCUT2D eigenvalue weighted by Gasteiger charge is 2.23. The number of fused-ring (bicyclic) bond motifs is 1. The maximum Gasteiger partial charge on any atom is 0.229 e. The highest BCUT2D eigenvalue weighted by atomic mass is 35.5. The number of benzene rings is 1. The molecule has 0 unspecified atom stereocenters. The molecular formula is C13H12Cl2N2OS. The van der Waals surface area contributed by atoms with Gasteiger partial charge in [-0.05, 0) is 25.0 Å². The molecule has 1 fully saturated rings. The lowest BCUT2D eigenvalue weighted by Gasteiger charge is -2.07. The SMILES string of the molecule is O=C(Nc1nc2c(Cl)c(Cl)ccc2s1)C1CCCC1. The van der Waals surface area contributed by atoms with Gasteiger partial charge in [0.15, 0.2) is 5.13 Å². The van der Waals surface area contributed by atoms with Gasteiger partial charge in [-0.2, -0.15) is 0 Å². The van der Waals surface area contributed by atoms with E-state index in [0.717, 1.165) is 30.4 Å². The lowest BCUT2D eigenvalue weighted by atomic mass is 10.1. The first-order valence-corrected chi connectivity index (χ1v) is 7.78. The lowest BCUT2D eigenvalue weighted by molar-refractivity contribution is -0.119. The van der Waals surface area contributed by atoms with E-state index in [1.54, 1.807) is 6.07 Å². The molecule has 0 radical (unpaired) electrons. The quantitative estimate of drug-likeness (QED) is 0.870. The molecule has 1 aliphatic carbocycles. The first kappa shape index (κ1) is 13.2. The molecular weight excluding hydrogens is 303 g/mol. The van der Waals surface area contributed by atoms with Crippen LogP contribution in [0.2, 0.25) is 10.0 Å². The van der Waals surface area contributed by atoms with Crippen molar-refractivity contribution < 1.29 is 4.79 Å². The highest BCUT2D eigenvalue weighted by Crippen LogP contribution is 2.35. The van der Waals surface area contributed by atoms with Crippen molar-refractivity contribution in [3.8, 4) is 0 Å². The Morgan fingerprint density at radius 3 is 2.79 bits per heavy atom. The predicted molar refractivity (Wildman–Crippen MR) is 80.2 cm³/mol. The number of amides is 1. The Balaban J connectivity index is 1.85. The maximum atomic E-state index is 12.0. The Kier molecular flexibility index (Phi) is 3.65. The van der Waals surface area contributed by atoms with Crippen molar-refractivity contribution in [3.63, 3.8) is 0 Å². The Hall–Kier alpha value is -0.840. The summed E-state index contributed by atoms with van der Waals surface area (Å²) in [4.78, 5) is 16.4. The summed E-state index contributed by atoms with van der Waals surface area (Å²) in [6.45, 7) is 0. The summed E-state index contributed by atoms with van der Waals surface area (Å²) in [6.07, 6.45) is 4.23. The predicted octanol–water partition coefficient (Wildman–Crippen LogP) is 4.73. The van der Waals surface area contributed by atoms with E-state index in [0.29, 0.717) is 20.7 Å². The second kappa shape index (κ2) is 5.27. The van der Waals surface area contributed by atoms with Crippen LogP contribution in [-0.4, -0.2) is 10.9 Å². The molecule has 1 aromatic carbocycles. The third-order valence-electron chi connectivity index (χ3n) is 3.41. The third-order valence-corrected chi connectivity index (χ3v) is 5.14. The fraction of sp³-hybridized carbons (Fsp3) is 0.385.